The largest absolute Gasteiger partial charge is 0.0928 e. The lowest BCUT2D eigenvalue weighted by Crippen LogP contribution is -1.55. The van der Waals surface area contributed by atoms with Gasteiger partial charge in [0.25, 0.3) is 0 Å². The van der Waals surface area contributed by atoms with Crippen LogP contribution >= 0.6 is 38.5 Å². The van der Waals surface area contributed by atoms with Gasteiger partial charge in [-0.05, 0) is 6.42 Å². The predicted octanol–water partition coefficient (Wildman–Crippen LogP) is 2.82. The molecule has 0 saturated carbocycles. The summed E-state index contributed by atoms with van der Waals surface area (Å²) in [5.41, 5.74) is 0. The van der Waals surface area contributed by atoms with Gasteiger partial charge in [-0.2, -0.15) is 0 Å². The van der Waals surface area contributed by atoms with Crippen LogP contribution < -0.4 is 0 Å². The van der Waals surface area contributed by atoms with Crippen LogP contribution in [0.25, 0.3) is 0 Å². The summed E-state index contributed by atoms with van der Waals surface area (Å²) in [4.78, 5) is 3.22. The number of hydrogen-bond donors (Lipinski definition) is 0. The van der Waals surface area contributed by atoms with E-state index in [-0.39, 0.29) is 0 Å². The van der Waals surface area contributed by atoms with Gasteiger partial charge in [0, 0.05) is 10.3 Å². The second-order valence-corrected chi connectivity index (χ2v) is 1.34. The fraction of sp³-hybridized carbons (Fsp3) is 0.500. The maximum Gasteiger partial charge on any atom is 0.00852 e. The summed E-state index contributed by atoms with van der Waals surface area (Å²) < 4.78 is 0. The van der Waals surface area contributed by atoms with Crippen molar-refractivity contribution in [3.8, 4) is 0 Å². The molecule has 0 bridgehead atoms. The van der Waals surface area contributed by atoms with Crippen LogP contribution in [-0.2, 0) is 0 Å². The molecule has 6 heavy (non-hydrogen) atoms. The van der Waals surface area contributed by atoms with Crippen molar-refractivity contribution in [2.45, 2.75) is 6.42 Å². The van der Waals surface area contributed by atoms with Crippen LogP contribution in [0.2, 0.25) is 0 Å². The minimum absolute atomic E-state index is 0.986. The van der Waals surface area contributed by atoms with Gasteiger partial charge in [-0.1, -0.05) is 45.4 Å². The summed E-state index contributed by atoms with van der Waals surface area (Å²) in [5, 5.41) is 1.02. The average Bonchev–Trinajstić information content (AvgIpc) is 1.72. The van der Waals surface area contributed by atoms with Gasteiger partial charge in [0.05, 0.1) is 0 Å². The third kappa shape index (κ3) is 18.9. The SMILES string of the molecule is [CH2]CCBr.[CH2]I. The Kier molecular flexibility index (Phi) is 27.9. The molecule has 2 heteroatoms. The maximum atomic E-state index is 3.56. The normalized spacial score (nSPS) is 6.00. The molecular formula is C4H8BrI. The quantitative estimate of drug-likeness (QED) is 0.504. The van der Waals surface area contributed by atoms with E-state index in [2.05, 4.69) is 27.8 Å². The molecule has 0 nitrogen and oxygen atoms in total. The van der Waals surface area contributed by atoms with E-state index in [4.69, 9.17) is 0 Å². The van der Waals surface area contributed by atoms with E-state index >= 15 is 0 Å². The van der Waals surface area contributed by atoms with Crippen LogP contribution in [0, 0.1) is 11.9 Å². The zero-order chi connectivity index (χ0) is 5.41. The van der Waals surface area contributed by atoms with Gasteiger partial charge in [0.15, 0.2) is 0 Å². The highest BCUT2D eigenvalue weighted by Gasteiger charge is 1.58. The first kappa shape index (κ1) is 10.2. The number of hydrogen-bond acceptors (Lipinski definition) is 0. The molecule has 0 aliphatic carbocycles. The van der Waals surface area contributed by atoms with Gasteiger partial charge >= 0.3 is 0 Å². The molecule has 0 saturated heterocycles. The third-order valence-electron chi connectivity index (χ3n) is 0.134. The van der Waals surface area contributed by atoms with E-state index in [1.807, 2.05) is 22.6 Å². The fourth-order valence-electron chi connectivity index (χ4n) is 0. The summed E-state index contributed by atoms with van der Waals surface area (Å²) in [6, 6.07) is 0. The molecule has 0 aliphatic rings. The van der Waals surface area contributed by atoms with Gasteiger partial charge in [-0.3, -0.25) is 0 Å². The lowest BCUT2D eigenvalue weighted by atomic mass is 10.6. The first-order chi connectivity index (χ1) is 2.91. The molecule has 0 amide bonds. The monoisotopic (exact) mass is 262 g/mol. The van der Waals surface area contributed by atoms with Gasteiger partial charge in [0.2, 0.25) is 0 Å². The zero-order valence-electron chi connectivity index (χ0n) is 3.58. The molecule has 0 atom stereocenters. The van der Waals surface area contributed by atoms with Crippen molar-refractivity contribution in [1.82, 2.24) is 0 Å². The molecule has 0 heterocycles. The van der Waals surface area contributed by atoms with Gasteiger partial charge in [-0.25, -0.2) is 0 Å². The van der Waals surface area contributed by atoms with Crippen molar-refractivity contribution in [3.63, 3.8) is 0 Å². The third-order valence-corrected chi connectivity index (χ3v) is 0.694. The van der Waals surface area contributed by atoms with Gasteiger partial charge in [-0.15, -0.1) is 0 Å². The van der Waals surface area contributed by atoms with E-state index in [0.29, 0.717) is 0 Å². The molecule has 0 aromatic heterocycles. The summed E-state index contributed by atoms with van der Waals surface area (Å²) in [5.74, 6) is 0. The first-order valence-electron chi connectivity index (χ1n) is 1.53. The minimum Gasteiger partial charge on any atom is -0.0928 e. The Bertz CT molecular complexity index is 9.51. The summed E-state index contributed by atoms with van der Waals surface area (Å²) in [6.07, 6.45) is 0.986. The maximum absolute atomic E-state index is 3.56. The highest BCUT2D eigenvalue weighted by Crippen LogP contribution is 1.79. The molecule has 0 N–H and O–H groups in total. The smallest absolute Gasteiger partial charge is 0.00852 e. The lowest BCUT2D eigenvalue weighted by Gasteiger charge is -1.65. The van der Waals surface area contributed by atoms with Crippen LogP contribution in [-0.4, -0.2) is 5.33 Å². The van der Waals surface area contributed by atoms with E-state index in [0.717, 1.165) is 11.8 Å². The summed E-state index contributed by atoms with van der Waals surface area (Å²) >= 11 is 5.09. The molecule has 0 rings (SSSR count). The number of alkyl halides is 1. The second kappa shape index (κ2) is 16.4. The van der Waals surface area contributed by atoms with Crippen LogP contribution in [0.15, 0.2) is 0 Å². The average molecular weight is 263 g/mol. The Morgan fingerprint density at radius 2 is 1.67 bits per heavy atom. The van der Waals surface area contributed by atoms with Gasteiger partial charge in [0.1, 0.15) is 0 Å². The molecule has 0 aromatic rings. The van der Waals surface area contributed by atoms with E-state index in [9.17, 15) is 0 Å². The van der Waals surface area contributed by atoms with Crippen molar-refractivity contribution in [3.05, 3.63) is 11.9 Å². The van der Waals surface area contributed by atoms with Crippen molar-refractivity contribution >= 4 is 38.5 Å². The van der Waals surface area contributed by atoms with Crippen LogP contribution in [0.1, 0.15) is 6.42 Å². The second-order valence-electron chi connectivity index (χ2n) is 0.543. The Hall–Kier alpha value is 1.21. The lowest BCUT2D eigenvalue weighted by molar-refractivity contribution is 1.26. The predicted molar refractivity (Wildman–Crippen MR) is 43.1 cm³/mol. The highest BCUT2D eigenvalue weighted by molar-refractivity contribution is 14.1. The zero-order valence-corrected chi connectivity index (χ0v) is 7.33. The highest BCUT2D eigenvalue weighted by atomic mass is 127. The Labute approximate surface area is 62.0 Å². The van der Waals surface area contributed by atoms with Crippen LogP contribution in [0.3, 0.4) is 0 Å². The molecule has 0 unspecified atom stereocenters. The molecule has 2 radical (unpaired) electrons. The van der Waals surface area contributed by atoms with Crippen molar-refractivity contribution in [2.24, 2.45) is 0 Å². The molecule has 0 spiro atoms. The molecule has 0 fully saturated rings. The van der Waals surface area contributed by atoms with E-state index < -0.39 is 0 Å². The summed E-state index contributed by atoms with van der Waals surface area (Å²) in [7, 11) is 0. The fourth-order valence-corrected chi connectivity index (χ4v) is 0. The van der Waals surface area contributed by atoms with Crippen molar-refractivity contribution in [1.29, 1.82) is 0 Å². The Balaban J connectivity index is 0. The van der Waals surface area contributed by atoms with Crippen molar-refractivity contribution < 1.29 is 0 Å². The standard InChI is InChI=1S/C3H6Br.CH2I/c1-2-3-4;1-2/h1-3H2;1H2. The Morgan fingerprint density at radius 1 is 1.50 bits per heavy atom. The molecular weight excluding hydrogens is 255 g/mol. The van der Waals surface area contributed by atoms with Crippen LogP contribution in [0.4, 0.5) is 0 Å². The number of halogens is 2. The first-order valence-corrected chi connectivity index (χ1v) is 4.18. The summed E-state index contributed by atoms with van der Waals surface area (Å²) in [6.45, 7) is 3.56. The topological polar surface area (TPSA) is 0 Å². The number of rotatable bonds is 1. The van der Waals surface area contributed by atoms with E-state index in [1.54, 1.807) is 0 Å². The minimum atomic E-state index is 0.986. The van der Waals surface area contributed by atoms with Gasteiger partial charge < -0.3 is 0 Å². The van der Waals surface area contributed by atoms with Crippen molar-refractivity contribution in [2.75, 3.05) is 5.33 Å². The molecule has 38 valence electrons. The molecule has 0 aliphatic heterocycles. The van der Waals surface area contributed by atoms with Crippen LogP contribution in [0.5, 0.6) is 0 Å². The molecule has 0 aromatic carbocycles. The van der Waals surface area contributed by atoms with E-state index in [1.165, 1.54) is 0 Å². The Morgan fingerprint density at radius 3 is 1.67 bits per heavy atom.